The Morgan fingerprint density at radius 1 is 1.27 bits per heavy atom. The Bertz CT molecular complexity index is 811. The summed E-state index contributed by atoms with van der Waals surface area (Å²) in [7, 11) is 0. The van der Waals surface area contributed by atoms with E-state index in [2.05, 4.69) is 20.5 Å². The van der Waals surface area contributed by atoms with Gasteiger partial charge in [-0.25, -0.2) is 9.37 Å². The molecular weight excluding hydrogens is 405 g/mol. The van der Waals surface area contributed by atoms with Gasteiger partial charge in [0.25, 0.3) is 0 Å². The van der Waals surface area contributed by atoms with Gasteiger partial charge in [0.2, 0.25) is 0 Å². The first-order chi connectivity index (χ1) is 14.7. The Balaban J connectivity index is 1.65. The van der Waals surface area contributed by atoms with Crippen LogP contribution in [0.15, 0.2) is 47.6 Å². The van der Waals surface area contributed by atoms with Crippen molar-refractivity contribution in [3.63, 3.8) is 0 Å². The molecule has 0 aliphatic carbocycles. The summed E-state index contributed by atoms with van der Waals surface area (Å²) < 4.78 is 19.3. The topological polar surface area (TPSA) is 61.8 Å². The monoisotopic (exact) mass is 433 g/mol. The van der Waals surface area contributed by atoms with Crippen LogP contribution in [-0.2, 0) is 11.2 Å². The van der Waals surface area contributed by atoms with Crippen LogP contribution in [0.2, 0.25) is 5.15 Å². The van der Waals surface area contributed by atoms with Crippen LogP contribution >= 0.6 is 11.6 Å². The van der Waals surface area contributed by atoms with E-state index < -0.39 is 0 Å². The molecule has 1 aromatic carbocycles. The van der Waals surface area contributed by atoms with Crippen molar-refractivity contribution >= 4 is 17.6 Å². The number of halogens is 2. The summed E-state index contributed by atoms with van der Waals surface area (Å²) in [5, 5.41) is 7.14. The molecule has 1 atom stereocenters. The number of aromatic nitrogens is 1. The largest absolute Gasteiger partial charge is 0.379 e. The van der Waals surface area contributed by atoms with Gasteiger partial charge in [-0.1, -0.05) is 29.8 Å². The van der Waals surface area contributed by atoms with Gasteiger partial charge in [0.15, 0.2) is 5.96 Å². The van der Waals surface area contributed by atoms with E-state index in [9.17, 15) is 4.39 Å². The Morgan fingerprint density at radius 3 is 2.80 bits per heavy atom. The first-order valence-electron chi connectivity index (χ1n) is 10.4. The van der Waals surface area contributed by atoms with Crippen LogP contribution in [0.4, 0.5) is 4.39 Å². The third-order valence-corrected chi connectivity index (χ3v) is 5.20. The summed E-state index contributed by atoms with van der Waals surface area (Å²) >= 11 is 5.84. The van der Waals surface area contributed by atoms with E-state index in [0.29, 0.717) is 24.9 Å². The summed E-state index contributed by atoms with van der Waals surface area (Å²) in [6, 6.07) is 10.6. The zero-order valence-corrected chi connectivity index (χ0v) is 18.0. The van der Waals surface area contributed by atoms with Crippen molar-refractivity contribution in [2.45, 2.75) is 19.4 Å². The van der Waals surface area contributed by atoms with Gasteiger partial charge in [-0.3, -0.25) is 9.89 Å². The van der Waals surface area contributed by atoms with Gasteiger partial charge in [0.05, 0.1) is 25.8 Å². The molecule has 6 nitrogen and oxygen atoms in total. The highest BCUT2D eigenvalue weighted by molar-refractivity contribution is 6.29. The highest BCUT2D eigenvalue weighted by Gasteiger charge is 2.23. The number of guanidine groups is 1. The standard InChI is InChI=1S/C22H29ClFN5O/c1-2-25-22(26-9-8-17-6-7-21(23)27-15-17)28-16-20(29-10-12-30-13-11-29)18-4-3-5-19(24)14-18/h3-7,14-15,20H,2,8-13,16H2,1H3,(H2,25,26,28). The normalized spacial score (nSPS) is 16.3. The molecule has 3 rings (SSSR count). The molecule has 0 spiro atoms. The predicted molar refractivity (Wildman–Crippen MR) is 118 cm³/mol. The molecule has 162 valence electrons. The summed E-state index contributed by atoms with van der Waals surface area (Å²) in [6.07, 6.45) is 2.60. The van der Waals surface area contributed by atoms with E-state index in [1.165, 1.54) is 6.07 Å². The van der Waals surface area contributed by atoms with Crippen LogP contribution in [0.3, 0.4) is 0 Å². The first kappa shape index (κ1) is 22.5. The van der Waals surface area contributed by atoms with Crippen molar-refractivity contribution in [3.05, 3.63) is 64.7 Å². The molecule has 30 heavy (non-hydrogen) atoms. The van der Waals surface area contributed by atoms with E-state index in [1.54, 1.807) is 24.4 Å². The number of hydrogen-bond donors (Lipinski definition) is 2. The lowest BCUT2D eigenvalue weighted by molar-refractivity contribution is 0.0179. The zero-order chi connectivity index (χ0) is 21.2. The molecule has 0 bridgehead atoms. The average Bonchev–Trinajstić information content (AvgIpc) is 2.76. The minimum atomic E-state index is -0.226. The lowest BCUT2D eigenvalue weighted by atomic mass is 10.0. The van der Waals surface area contributed by atoms with E-state index in [4.69, 9.17) is 21.3 Å². The number of morpholine rings is 1. The van der Waals surface area contributed by atoms with E-state index >= 15 is 0 Å². The second-order valence-electron chi connectivity index (χ2n) is 7.10. The van der Waals surface area contributed by atoms with Crippen LogP contribution in [-0.4, -0.2) is 61.8 Å². The van der Waals surface area contributed by atoms with Crippen LogP contribution in [0.5, 0.6) is 0 Å². The summed E-state index contributed by atoms with van der Waals surface area (Å²) in [5.74, 6) is 0.519. The molecule has 1 saturated heterocycles. The quantitative estimate of drug-likeness (QED) is 0.380. The van der Waals surface area contributed by atoms with E-state index in [0.717, 1.165) is 49.7 Å². The first-order valence-corrected chi connectivity index (χ1v) is 10.7. The number of hydrogen-bond acceptors (Lipinski definition) is 4. The van der Waals surface area contributed by atoms with E-state index in [1.807, 2.05) is 19.1 Å². The molecule has 2 aromatic rings. The second kappa shape index (κ2) is 11.8. The minimum absolute atomic E-state index is 0.000483. The molecule has 1 aliphatic rings. The minimum Gasteiger partial charge on any atom is -0.379 e. The van der Waals surface area contributed by atoms with Gasteiger partial charge in [0.1, 0.15) is 11.0 Å². The van der Waals surface area contributed by atoms with Crippen molar-refractivity contribution in [2.75, 3.05) is 45.9 Å². The molecule has 1 aromatic heterocycles. The molecule has 0 amide bonds. The molecule has 8 heteroatoms. The molecule has 0 radical (unpaired) electrons. The number of nitrogens with zero attached hydrogens (tertiary/aromatic N) is 3. The van der Waals surface area contributed by atoms with Gasteiger partial charge >= 0.3 is 0 Å². The van der Waals surface area contributed by atoms with Crippen molar-refractivity contribution in [1.29, 1.82) is 0 Å². The van der Waals surface area contributed by atoms with Crippen LogP contribution in [0, 0.1) is 5.82 Å². The van der Waals surface area contributed by atoms with Gasteiger partial charge in [-0.2, -0.15) is 0 Å². The van der Waals surface area contributed by atoms with Gasteiger partial charge in [-0.15, -0.1) is 0 Å². The van der Waals surface area contributed by atoms with Crippen LogP contribution in [0.25, 0.3) is 0 Å². The lowest BCUT2D eigenvalue weighted by Crippen LogP contribution is -2.42. The van der Waals surface area contributed by atoms with Gasteiger partial charge in [0, 0.05) is 32.4 Å². The van der Waals surface area contributed by atoms with Crippen LogP contribution < -0.4 is 10.6 Å². The number of aliphatic imine (C=N–C) groups is 1. The number of rotatable bonds is 8. The fourth-order valence-electron chi connectivity index (χ4n) is 3.43. The highest BCUT2D eigenvalue weighted by atomic mass is 35.5. The van der Waals surface area contributed by atoms with Crippen molar-refractivity contribution in [1.82, 2.24) is 20.5 Å². The SMILES string of the molecule is CCNC(=NCC(c1cccc(F)c1)N1CCOCC1)NCCc1ccc(Cl)nc1. The van der Waals surface area contributed by atoms with Gasteiger partial charge < -0.3 is 15.4 Å². The molecule has 0 saturated carbocycles. The van der Waals surface area contributed by atoms with Crippen molar-refractivity contribution in [3.8, 4) is 0 Å². The Morgan fingerprint density at radius 2 is 2.10 bits per heavy atom. The zero-order valence-electron chi connectivity index (χ0n) is 17.3. The molecule has 2 heterocycles. The maximum absolute atomic E-state index is 13.8. The highest BCUT2D eigenvalue weighted by Crippen LogP contribution is 2.23. The van der Waals surface area contributed by atoms with Crippen LogP contribution in [0.1, 0.15) is 24.1 Å². The van der Waals surface area contributed by atoms with Crippen molar-refractivity contribution in [2.24, 2.45) is 4.99 Å². The summed E-state index contributed by atoms with van der Waals surface area (Å²) in [4.78, 5) is 11.2. The summed E-state index contributed by atoms with van der Waals surface area (Å²) in [5.41, 5.74) is 2.04. The fraction of sp³-hybridized carbons (Fsp3) is 0.455. The average molecular weight is 434 g/mol. The third-order valence-electron chi connectivity index (χ3n) is 4.98. The number of benzene rings is 1. The molecule has 2 N–H and O–H groups in total. The maximum Gasteiger partial charge on any atom is 0.191 e. The maximum atomic E-state index is 13.8. The predicted octanol–water partition coefficient (Wildman–Crippen LogP) is 3.05. The molecular formula is C22H29ClFN5O. The van der Waals surface area contributed by atoms with Gasteiger partial charge in [-0.05, 0) is 42.7 Å². The smallest absolute Gasteiger partial charge is 0.191 e. The van der Waals surface area contributed by atoms with E-state index in [-0.39, 0.29) is 11.9 Å². The van der Waals surface area contributed by atoms with Crippen molar-refractivity contribution < 1.29 is 9.13 Å². The summed E-state index contributed by atoms with van der Waals surface area (Å²) in [6.45, 7) is 7.03. The second-order valence-corrected chi connectivity index (χ2v) is 7.49. The lowest BCUT2D eigenvalue weighted by Gasteiger charge is -2.34. The Labute approximate surface area is 182 Å². The molecule has 1 fully saturated rings. The number of nitrogens with one attached hydrogen (secondary N) is 2. The third kappa shape index (κ3) is 6.93. The Hall–Kier alpha value is -2.22. The fourth-order valence-corrected chi connectivity index (χ4v) is 3.55. The Kier molecular flexibility index (Phi) is 8.86. The number of pyridine rings is 1. The molecule has 1 aliphatic heterocycles. The molecule has 1 unspecified atom stereocenters. The number of ether oxygens (including phenoxy) is 1.